The molecule has 0 spiro atoms. The Bertz CT molecular complexity index is 968. The lowest BCUT2D eigenvalue weighted by molar-refractivity contribution is -0.139. The third kappa shape index (κ3) is 6.15. The average Bonchev–Trinajstić information content (AvgIpc) is 2.94. The predicted octanol–water partition coefficient (Wildman–Crippen LogP) is 3.95. The van der Waals surface area contributed by atoms with E-state index in [-0.39, 0.29) is 17.9 Å². The van der Waals surface area contributed by atoms with Crippen molar-refractivity contribution in [2.75, 3.05) is 45.1 Å². The molecule has 1 aromatic carbocycles. The first-order chi connectivity index (χ1) is 16.5. The zero-order valence-electron chi connectivity index (χ0n) is 20.5. The lowest BCUT2D eigenvalue weighted by Gasteiger charge is -2.32. The summed E-state index contributed by atoms with van der Waals surface area (Å²) in [6.45, 7) is 8.66. The second kappa shape index (κ2) is 12.1. The molecule has 1 unspecified atom stereocenters. The van der Waals surface area contributed by atoms with Crippen molar-refractivity contribution in [2.45, 2.75) is 63.1 Å². The number of nitrogens with zero attached hydrogens (tertiary/aromatic N) is 2. The summed E-state index contributed by atoms with van der Waals surface area (Å²) in [5.74, 6) is 0.255. The number of carbonyl (C=O) groups excluding carboxylic acids is 2. The maximum atomic E-state index is 13.6. The van der Waals surface area contributed by atoms with Gasteiger partial charge in [0.15, 0.2) is 0 Å². The van der Waals surface area contributed by atoms with Crippen molar-refractivity contribution in [1.29, 1.82) is 0 Å². The maximum Gasteiger partial charge on any atom is 0.247 e. The first-order valence-corrected chi connectivity index (χ1v) is 13.7. The van der Waals surface area contributed by atoms with Crippen molar-refractivity contribution in [3.63, 3.8) is 0 Å². The van der Waals surface area contributed by atoms with Gasteiger partial charge in [0.25, 0.3) is 0 Å². The smallest absolute Gasteiger partial charge is 0.247 e. The minimum atomic E-state index is -0.633. The SMILES string of the molecule is CC(C)OCCCNC(=O)C1c2c([nH]c3ccccc23)SCC(=O)N1CCN1CCCCCC1. The van der Waals surface area contributed by atoms with Gasteiger partial charge in [-0.15, -0.1) is 0 Å². The van der Waals surface area contributed by atoms with E-state index in [0.29, 0.717) is 25.4 Å². The molecule has 3 heterocycles. The Kier molecular flexibility index (Phi) is 8.92. The molecule has 34 heavy (non-hydrogen) atoms. The topological polar surface area (TPSA) is 77.7 Å². The standard InChI is InChI=1S/C26H38N4O3S/c1-19(2)33-17-9-12-27-25(32)24-23-20-10-5-6-11-21(20)28-26(23)34-18-22(31)30(24)16-15-29-13-7-3-4-8-14-29/h5-6,10-11,19,24,28H,3-4,7-9,12-18H2,1-2H3,(H,27,32). The highest BCUT2D eigenvalue weighted by molar-refractivity contribution is 8.00. The molecule has 0 radical (unpaired) electrons. The van der Waals surface area contributed by atoms with Gasteiger partial charge in [0.2, 0.25) is 11.8 Å². The number of benzene rings is 1. The fraction of sp³-hybridized carbons (Fsp3) is 0.615. The van der Waals surface area contributed by atoms with Crippen molar-refractivity contribution in [1.82, 2.24) is 20.1 Å². The molecule has 1 saturated heterocycles. The molecule has 0 aliphatic carbocycles. The molecule has 2 aromatic rings. The Hall–Kier alpha value is -2.03. The van der Waals surface area contributed by atoms with Crippen LogP contribution >= 0.6 is 11.8 Å². The van der Waals surface area contributed by atoms with E-state index in [2.05, 4.69) is 15.2 Å². The van der Waals surface area contributed by atoms with Crippen LogP contribution in [0.4, 0.5) is 0 Å². The second-order valence-corrected chi connectivity index (χ2v) is 10.5. The molecule has 1 fully saturated rings. The molecular weight excluding hydrogens is 448 g/mol. The number of amides is 2. The Balaban J connectivity index is 1.56. The monoisotopic (exact) mass is 486 g/mol. The fourth-order valence-electron chi connectivity index (χ4n) is 4.88. The number of nitrogens with one attached hydrogen (secondary N) is 2. The lowest BCUT2D eigenvalue weighted by atomic mass is 10.0. The number of ether oxygens (including phenoxy) is 1. The minimum Gasteiger partial charge on any atom is -0.379 e. The molecule has 2 aliphatic heterocycles. The summed E-state index contributed by atoms with van der Waals surface area (Å²) in [6.07, 6.45) is 5.89. The van der Waals surface area contributed by atoms with Crippen LogP contribution in [0.15, 0.2) is 29.3 Å². The number of carbonyl (C=O) groups is 2. The van der Waals surface area contributed by atoms with Crippen LogP contribution in [0.25, 0.3) is 10.9 Å². The normalized spacial score (nSPS) is 19.8. The Morgan fingerprint density at radius 1 is 1.18 bits per heavy atom. The van der Waals surface area contributed by atoms with E-state index in [4.69, 9.17) is 4.74 Å². The van der Waals surface area contributed by atoms with E-state index in [1.54, 1.807) is 0 Å². The maximum absolute atomic E-state index is 13.6. The molecule has 7 nitrogen and oxygen atoms in total. The number of para-hydroxylation sites is 1. The van der Waals surface area contributed by atoms with Gasteiger partial charge in [-0.05, 0) is 52.3 Å². The van der Waals surface area contributed by atoms with Crippen molar-refractivity contribution in [2.24, 2.45) is 0 Å². The van der Waals surface area contributed by atoms with E-state index < -0.39 is 6.04 Å². The number of aromatic amines is 1. The van der Waals surface area contributed by atoms with Gasteiger partial charge in [0, 0.05) is 42.7 Å². The number of hydrogen-bond acceptors (Lipinski definition) is 5. The van der Waals surface area contributed by atoms with Crippen molar-refractivity contribution < 1.29 is 14.3 Å². The van der Waals surface area contributed by atoms with Crippen LogP contribution in [0.5, 0.6) is 0 Å². The van der Waals surface area contributed by atoms with E-state index in [1.807, 2.05) is 43.0 Å². The number of H-pyrrole nitrogens is 1. The largest absolute Gasteiger partial charge is 0.379 e. The van der Waals surface area contributed by atoms with Crippen LogP contribution in [0.1, 0.15) is 57.6 Å². The molecule has 1 aromatic heterocycles. The van der Waals surface area contributed by atoms with Gasteiger partial charge >= 0.3 is 0 Å². The number of aromatic nitrogens is 1. The van der Waals surface area contributed by atoms with Crippen molar-refractivity contribution >= 4 is 34.5 Å². The summed E-state index contributed by atoms with van der Waals surface area (Å²) in [7, 11) is 0. The average molecular weight is 487 g/mol. The minimum absolute atomic E-state index is 0.0248. The van der Waals surface area contributed by atoms with E-state index in [0.717, 1.165) is 47.5 Å². The number of likely N-dealkylation sites (tertiary alicyclic amines) is 1. The third-order valence-electron chi connectivity index (χ3n) is 6.63. The zero-order chi connectivity index (χ0) is 23.9. The molecular formula is C26H38N4O3S. The summed E-state index contributed by atoms with van der Waals surface area (Å²) in [4.78, 5) is 34.7. The molecule has 2 amide bonds. The molecule has 0 bridgehead atoms. The number of hydrogen-bond donors (Lipinski definition) is 2. The van der Waals surface area contributed by atoms with Crippen molar-refractivity contribution in [3.8, 4) is 0 Å². The van der Waals surface area contributed by atoms with Crippen LogP contribution in [0, 0.1) is 0 Å². The van der Waals surface area contributed by atoms with Crippen LogP contribution < -0.4 is 5.32 Å². The highest BCUT2D eigenvalue weighted by atomic mass is 32.2. The molecule has 186 valence electrons. The van der Waals surface area contributed by atoms with Crippen LogP contribution in [0.3, 0.4) is 0 Å². The van der Waals surface area contributed by atoms with Gasteiger partial charge in [0.05, 0.1) is 16.9 Å². The number of rotatable bonds is 9. The molecule has 2 aliphatic rings. The fourth-order valence-corrected chi connectivity index (χ4v) is 5.87. The van der Waals surface area contributed by atoms with Gasteiger partial charge < -0.3 is 24.8 Å². The zero-order valence-corrected chi connectivity index (χ0v) is 21.3. The predicted molar refractivity (Wildman–Crippen MR) is 137 cm³/mol. The van der Waals surface area contributed by atoms with Crippen LogP contribution in [0.2, 0.25) is 0 Å². The molecule has 1 atom stereocenters. The van der Waals surface area contributed by atoms with E-state index in [9.17, 15) is 9.59 Å². The number of fused-ring (bicyclic) bond motifs is 3. The Morgan fingerprint density at radius 3 is 2.71 bits per heavy atom. The Labute approximate surface area is 207 Å². The van der Waals surface area contributed by atoms with Gasteiger partial charge in [0.1, 0.15) is 6.04 Å². The summed E-state index contributed by atoms with van der Waals surface area (Å²) in [5, 5.41) is 5.04. The second-order valence-electron chi connectivity index (χ2n) is 9.51. The summed E-state index contributed by atoms with van der Waals surface area (Å²) >= 11 is 1.51. The van der Waals surface area contributed by atoms with E-state index in [1.165, 1.54) is 37.4 Å². The first kappa shape index (κ1) is 25.1. The van der Waals surface area contributed by atoms with Crippen LogP contribution in [-0.2, 0) is 14.3 Å². The van der Waals surface area contributed by atoms with Crippen LogP contribution in [-0.4, -0.2) is 77.8 Å². The van der Waals surface area contributed by atoms with Crippen molar-refractivity contribution in [3.05, 3.63) is 29.8 Å². The summed E-state index contributed by atoms with van der Waals surface area (Å²) < 4.78 is 5.62. The lowest BCUT2D eigenvalue weighted by Crippen LogP contribution is -2.47. The molecule has 2 N–H and O–H groups in total. The van der Waals surface area contributed by atoms with Gasteiger partial charge in [-0.3, -0.25) is 9.59 Å². The third-order valence-corrected chi connectivity index (χ3v) is 7.63. The number of thioether (sulfide) groups is 1. The molecule has 8 heteroatoms. The quantitative estimate of drug-likeness (QED) is 0.525. The van der Waals surface area contributed by atoms with Gasteiger partial charge in [-0.25, -0.2) is 0 Å². The highest BCUT2D eigenvalue weighted by Crippen LogP contribution is 2.40. The summed E-state index contributed by atoms with van der Waals surface area (Å²) in [5.41, 5.74) is 1.93. The Morgan fingerprint density at radius 2 is 1.94 bits per heavy atom. The summed E-state index contributed by atoms with van der Waals surface area (Å²) in [6, 6.07) is 7.44. The van der Waals surface area contributed by atoms with Gasteiger partial charge in [-0.2, -0.15) is 0 Å². The van der Waals surface area contributed by atoms with E-state index >= 15 is 0 Å². The highest BCUT2D eigenvalue weighted by Gasteiger charge is 2.38. The van der Waals surface area contributed by atoms with Gasteiger partial charge in [-0.1, -0.05) is 42.8 Å². The molecule has 4 rings (SSSR count). The molecule has 0 saturated carbocycles. The first-order valence-electron chi connectivity index (χ1n) is 12.7.